The summed E-state index contributed by atoms with van der Waals surface area (Å²) < 4.78 is 55.5. The van der Waals surface area contributed by atoms with E-state index in [4.69, 9.17) is 53.6 Å². The molecule has 2 fully saturated rings. The molecular weight excluding hydrogens is 676 g/mol. The number of aromatic amines is 1. The molecule has 6 rings (SSSR count). The fourth-order valence-corrected chi connectivity index (χ4v) is 8.22. The van der Waals surface area contributed by atoms with Gasteiger partial charge in [-0.3, -0.25) is 9.78 Å². The van der Waals surface area contributed by atoms with Crippen LogP contribution in [0.15, 0.2) is 11.1 Å². The summed E-state index contributed by atoms with van der Waals surface area (Å²) in [6.45, 7) is -5.83. The van der Waals surface area contributed by atoms with E-state index < -0.39 is 81.2 Å². The molecule has 2 unspecified atom stereocenters. The van der Waals surface area contributed by atoms with Crippen LogP contribution in [-0.4, -0.2) is 114 Å². The van der Waals surface area contributed by atoms with E-state index in [2.05, 4.69) is 40.6 Å². The molecule has 6 heterocycles. The minimum absolute atomic E-state index is 0.0207. The zero-order chi connectivity index (χ0) is 31.5. The monoisotopic (exact) mass is 698 g/mol. The highest BCUT2D eigenvalue weighted by Gasteiger charge is 2.55. The second kappa shape index (κ2) is 11.9. The fourth-order valence-electron chi connectivity index (χ4n) is 4.93. The van der Waals surface area contributed by atoms with Crippen LogP contribution >= 0.6 is 13.6 Å². The quantitative estimate of drug-likeness (QED) is 0.103. The lowest BCUT2D eigenvalue weighted by atomic mass is 10.1. The second-order valence-electron chi connectivity index (χ2n) is 9.52. The Morgan fingerprint density at radius 2 is 1.77 bits per heavy atom. The van der Waals surface area contributed by atoms with Crippen molar-refractivity contribution in [2.24, 2.45) is 0 Å². The summed E-state index contributed by atoms with van der Waals surface area (Å²) in [5.74, 6) is -0.330. The summed E-state index contributed by atoms with van der Waals surface area (Å²) in [5.41, 5.74) is 8.58. The van der Waals surface area contributed by atoms with Gasteiger partial charge in [-0.05, 0) is 23.6 Å². The van der Waals surface area contributed by atoms with Crippen molar-refractivity contribution in [3.05, 3.63) is 16.7 Å². The van der Waals surface area contributed by atoms with E-state index in [0.29, 0.717) is 0 Å². The summed E-state index contributed by atoms with van der Waals surface area (Å²) in [6.07, 6.45) is -10.5. The Bertz CT molecular complexity index is 1850. The average Bonchev–Trinajstić information content (AvgIpc) is 3.72. The number of nitrogens with zero attached hydrogens (tertiary/aromatic N) is 9. The van der Waals surface area contributed by atoms with E-state index in [-0.39, 0.29) is 34.1 Å². The number of rotatable bonds is 9. The molecule has 0 radical (unpaired) electrons. The van der Waals surface area contributed by atoms with Gasteiger partial charge in [-0.1, -0.05) is 10.4 Å². The first-order valence-electron chi connectivity index (χ1n) is 12.4. The summed E-state index contributed by atoms with van der Waals surface area (Å²) >= 11 is 10.1. The Morgan fingerprint density at radius 1 is 1.09 bits per heavy atom. The first-order chi connectivity index (χ1) is 20.9. The van der Waals surface area contributed by atoms with Crippen LogP contribution in [0.4, 0.5) is 20.5 Å². The number of nitrogen functional groups attached to an aromatic ring is 2. The van der Waals surface area contributed by atoms with E-state index in [9.17, 15) is 19.7 Å². The molecule has 4 aromatic rings. The lowest BCUT2D eigenvalue weighted by Gasteiger charge is -2.29. The zero-order valence-electron chi connectivity index (χ0n) is 21.7. The fraction of sp³-hybridized carbons (Fsp3) is 0.556. The maximum atomic E-state index is 15.7. The Morgan fingerprint density at radius 3 is 2.48 bits per heavy atom. The first-order valence-corrected chi connectivity index (χ1v) is 17.6. The standard InChI is InChI=1S/C18H22F2N12O8P2S2/c19-6-4(1-33)38-17(32-14-9(28-30-32)15(34)26-18(22)25-14)11(6)42(36,44)37-2-5-10(40-41(35)43)7(20)16(39-5)31-13-8(27-29-31)12(21)23-3-24-13/h3-7,10-11,16-17,33,41H,1-2H2,(H,35,43)(H,36,44)(H2,21,23,24)(H3,22,25,26,34)/t4-,5-,6-,7+,10-,11-,16-,17-,42?/m1/s1. The van der Waals surface area contributed by atoms with Crippen molar-refractivity contribution >= 4 is 71.4 Å². The van der Waals surface area contributed by atoms with Gasteiger partial charge in [-0.2, -0.15) is 14.3 Å². The van der Waals surface area contributed by atoms with Gasteiger partial charge in [0, 0.05) is 0 Å². The first kappa shape index (κ1) is 31.2. The van der Waals surface area contributed by atoms with Crippen molar-refractivity contribution in [1.82, 2.24) is 49.9 Å². The van der Waals surface area contributed by atoms with Crippen LogP contribution in [0.5, 0.6) is 0 Å². The van der Waals surface area contributed by atoms with E-state index >= 15 is 8.78 Å². The normalized spacial score (nSPS) is 31.1. The number of hydrogen-bond acceptors (Lipinski definition) is 17. The molecule has 0 amide bonds. The number of hydrogen-bond donors (Lipinski definition) is 6. The summed E-state index contributed by atoms with van der Waals surface area (Å²) in [4.78, 5) is 47.4. The van der Waals surface area contributed by atoms with Gasteiger partial charge >= 0.3 is 0 Å². The molecule has 2 aliphatic heterocycles. The third kappa shape index (κ3) is 5.38. The van der Waals surface area contributed by atoms with Gasteiger partial charge in [0.15, 0.2) is 60.4 Å². The molecule has 0 aliphatic carbocycles. The number of fused-ring (bicyclic) bond motifs is 2. The van der Waals surface area contributed by atoms with Crippen LogP contribution in [-0.2, 0) is 42.1 Å². The number of ether oxygens (including phenoxy) is 2. The average molecular weight is 699 g/mol. The molecule has 0 saturated carbocycles. The molecule has 44 heavy (non-hydrogen) atoms. The van der Waals surface area contributed by atoms with Gasteiger partial charge in [0.25, 0.3) is 5.56 Å². The second-order valence-corrected chi connectivity index (χ2v) is 14.9. The third-order valence-corrected chi connectivity index (χ3v) is 10.5. The number of aromatic nitrogens is 10. The summed E-state index contributed by atoms with van der Waals surface area (Å²) in [7, 11) is -2.91. The smallest absolute Gasteiger partial charge is 0.282 e. The number of halogens is 2. The number of aliphatic hydroxyl groups excluding tert-OH is 1. The highest BCUT2D eigenvalue weighted by Crippen LogP contribution is 2.58. The van der Waals surface area contributed by atoms with Gasteiger partial charge in [0.2, 0.25) is 5.95 Å². The number of aliphatic hydroxyl groups is 1. The largest absolute Gasteiger partial charge is 0.394 e. The zero-order valence-corrected chi connectivity index (χ0v) is 25.2. The van der Waals surface area contributed by atoms with Crippen LogP contribution in [0.25, 0.3) is 22.3 Å². The van der Waals surface area contributed by atoms with E-state index in [1.807, 2.05) is 0 Å². The van der Waals surface area contributed by atoms with Crippen molar-refractivity contribution in [2.45, 2.75) is 48.8 Å². The molecule has 4 aromatic heterocycles. The summed E-state index contributed by atoms with van der Waals surface area (Å²) in [5, 5.41) is 24.9. The van der Waals surface area contributed by atoms with E-state index in [1.165, 1.54) is 0 Å². The number of nitrogens with one attached hydrogen (secondary N) is 1. The predicted molar refractivity (Wildman–Crippen MR) is 152 cm³/mol. The minimum atomic E-state index is -4.33. The highest BCUT2D eigenvalue weighted by molar-refractivity contribution is 8.09. The Labute approximate surface area is 253 Å². The van der Waals surface area contributed by atoms with Gasteiger partial charge < -0.3 is 44.9 Å². The summed E-state index contributed by atoms with van der Waals surface area (Å²) in [6, 6.07) is 0. The van der Waals surface area contributed by atoms with Crippen molar-refractivity contribution in [1.29, 1.82) is 0 Å². The van der Waals surface area contributed by atoms with Crippen LogP contribution < -0.4 is 17.0 Å². The minimum Gasteiger partial charge on any atom is -0.394 e. The molecule has 2 aliphatic rings. The molecule has 26 heteroatoms. The topological polar surface area (TPSA) is 283 Å². The van der Waals surface area contributed by atoms with Crippen molar-refractivity contribution in [2.75, 3.05) is 24.7 Å². The Balaban J connectivity index is 1.29. The Hall–Kier alpha value is -2.76. The van der Waals surface area contributed by atoms with Gasteiger partial charge in [0.1, 0.15) is 36.5 Å². The van der Waals surface area contributed by atoms with Crippen LogP contribution in [0.3, 0.4) is 0 Å². The Kier molecular flexibility index (Phi) is 8.43. The molecule has 0 aromatic carbocycles. The maximum Gasteiger partial charge on any atom is 0.282 e. The van der Waals surface area contributed by atoms with E-state index in [0.717, 1.165) is 15.7 Å². The molecule has 238 valence electrons. The van der Waals surface area contributed by atoms with Crippen molar-refractivity contribution < 1.29 is 42.2 Å². The van der Waals surface area contributed by atoms with Crippen LogP contribution in [0.2, 0.25) is 0 Å². The lowest BCUT2D eigenvalue weighted by molar-refractivity contribution is -0.0460. The molecule has 0 bridgehead atoms. The highest BCUT2D eigenvalue weighted by atomic mass is 32.5. The van der Waals surface area contributed by atoms with Crippen molar-refractivity contribution in [3.63, 3.8) is 0 Å². The third-order valence-electron chi connectivity index (χ3n) is 6.90. The molecule has 2 saturated heterocycles. The maximum absolute atomic E-state index is 15.7. The molecule has 0 spiro atoms. The SMILES string of the molecule is Nc1nc2c(nnn2[C@@H]2O[C@H](CO)[C@@H](F)[C@H]2P(O)(=S)OC[C@H]2O[C@@H](n3nnc4c(N)ncnc43)[C@@H](F)[C@@H]2O[PH](O)=S)c(=O)[nH]1. The van der Waals surface area contributed by atoms with Gasteiger partial charge in [-0.15, -0.1) is 10.2 Å². The number of H-pyrrole nitrogens is 1. The molecule has 10 atom stereocenters. The molecule has 20 nitrogen and oxygen atoms in total. The molecule has 8 N–H and O–H groups in total. The van der Waals surface area contributed by atoms with E-state index in [1.54, 1.807) is 0 Å². The molecular formula is C18H22F2N12O8P2S2. The lowest BCUT2D eigenvalue weighted by Crippen LogP contribution is -2.35. The number of anilines is 2. The number of nitrogens with two attached hydrogens (primary N) is 2. The van der Waals surface area contributed by atoms with Gasteiger partial charge in [0.05, 0.1) is 13.2 Å². The van der Waals surface area contributed by atoms with Crippen molar-refractivity contribution in [3.8, 4) is 0 Å². The van der Waals surface area contributed by atoms with Crippen LogP contribution in [0, 0.1) is 0 Å². The number of alkyl halides is 2. The predicted octanol–water partition coefficient (Wildman–Crippen LogP) is -2.05. The van der Waals surface area contributed by atoms with Gasteiger partial charge in [-0.25, -0.2) is 18.7 Å². The van der Waals surface area contributed by atoms with Crippen LogP contribution in [0.1, 0.15) is 12.5 Å².